The number of nitrogens with one attached hydrogen (secondary N) is 1. The molecule has 168 valence electrons. The van der Waals surface area contributed by atoms with Gasteiger partial charge in [-0.2, -0.15) is 26.3 Å². The molecule has 0 aliphatic carbocycles. The van der Waals surface area contributed by atoms with Crippen LogP contribution in [0.4, 0.5) is 37.8 Å². The molecule has 2 aromatic rings. The van der Waals surface area contributed by atoms with E-state index in [0.29, 0.717) is 31.0 Å². The van der Waals surface area contributed by atoms with E-state index in [-0.39, 0.29) is 24.0 Å². The van der Waals surface area contributed by atoms with E-state index in [9.17, 15) is 31.1 Å². The predicted octanol–water partition coefficient (Wildman–Crippen LogP) is 4.99. The van der Waals surface area contributed by atoms with E-state index in [2.05, 4.69) is 10.3 Å². The Kier molecular flexibility index (Phi) is 6.17. The number of aromatic nitrogens is 1. The van der Waals surface area contributed by atoms with Crippen LogP contribution in [0.3, 0.4) is 0 Å². The number of rotatable bonds is 3. The summed E-state index contributed by atoms with van der Waals surface area (Å²) in [6, 6.07) is 3.81. The van der Waals surface area contributed by atoms with E-state index in [1.54, 1.807) is 6.07 Å². The number of hydrogen-bond donors (Lipinski definition) is 1. The van der Waals surface area contributed by atoms with Gasteiger partial charge >= 0.3 is 12.4 Å². The number of carbonyl (C=O) groups is 1. The number of nitrogens with zero attached hydrogens (tertiary/aromatic N) is 2. The Morgan fingerprint density at radius 1 is 1.00 bits per heavy atom. The number of carbonyl (C=O) groups excluding carboxylic acids is 1. The third-order valence-corrected chi connectivity index (χ3v) is 4.60. The lowest BCUT2D eigenvalue weighted by atomic mass is 10.0. The maximum absolute atomic E-state index is 13.0. The quantitative estimate of drug-likeness (QED) is 0.674. The summed E-state index contributed by atoms with van der Waals surface area (Å²) in [6.07, 6.45) is -8.80. The molecule has 1 aliphatic heterocycles. The fourth-order valence-corrected chi connectivity index (χ4v) is 3.30. The number of amides is 1. The maximum atomic E-state index is 13.0. The molecule has 0 bridgehead atoms. The Balaban J connectivity index is 1.80. The van der Waals surface area contributed by atoms with Gasteiger partial charge in [-0.3, -0.25) is 4.79 Å². The van der Waals surface area contributed by atoms with Crippen LogP contribution < -0.4 is 10.2 Å². The van der Waals surface area contributed by atoms with Gasteiger partial charge in [0.1, 0.15) is 5.82 Å². The fraction of sp³-hybridized carbons (Fsp3) is 0.400. The lowest BCUT2D eigenvalue weighted by molar-refractivity contribution is -0.143. The van der Waals surface area contributed by atoms with Gasteiger partial charge in [-0.15, -0.1) is 0 Å². The van der Waals surface area contributed by atoms with Gasteiger partial charge in [0.15, 0.2) is 0 Å². The molecule has 11 heteroatoms. The van der Waals surface area contributed by atoms with Crippen LogP contribution in [0.25, 0.3) is 0 Å². The summed E-state index contributed by atoms with van der Waals surface area (Å²) in [5.41, 5.74) is -3.75. The van der Waals surface area contributed by atoms with Crippen molar-refractivity contribution >= 4 is 17.4 Å². The van der Waals surface area contributed by atoms with Gasteiger partial charge in [0.2, 0.25) is 0 Å². The first-order chi connectivity index (χ1) is 14.3. The molecule has 2 atom stereocenters. The smallest absolute Gasteiger partial charge is 0.372 e. The molecule has 0 radical (unpaired) electrons. The molecule has 1 aliphatic rings. The van der Waals surface area contributed by atoms with Crippen molar-refractivity contribution in [2.45, 2.75) is 38.4 Å². The molecule has 1 saturated heterocycles. The molecule has 1 aromatic heterocycles. The van der Waals surface area contributed by atoms with Crippen LogP contribution >= 0.6 is 0 Å². The predicted molar refractivity (Wildman–Crippen MR) is 101 cm³/mol. The highest BCUT2D eigenvalue weighted by Crippen LogP contribution is 2.36. The number of morpholine rings is 1. The number of pyridine rings is 1. The molecule has 2 heterocycles. The monoisotopic (exact) mass is 447 g/mol. The minimum Gasteiger partial charge on any atom is -0.372 e. The summed E-state index contributed by atoms with van der Waals surface area (Å²) in [6.45, 7) is 5.05. The van der Waals surface area contributed by atoms with Crippen molar-refractivity contribution in [1.29, 1.82) is 0 Å². The van der Waals surface area contributed by atoms with Crippen LogP contribution in [0, 0.1) is 0 Å². The zero-order chi connectivity index (χ0) is 23.0. The standard InChI is InChI=1S/C20H19F6N3O2/c1-11-9-29(10-12(2)31-11)17-4-3-16(8-27-17)28-18(30)13-5-14(19(21,22)23)7-15(6-13)20(24,25)26/h3-8,11-12H,9-10H2,1-2H3,(H,28,30). The van der Waals surface area contributed by atoms with Gasteiger partial charge < -0.3 is 15.0 Å². The van der Waals surface area contributed by atoms with Gasteiger partial charge in [0, 0.05) is 18.7 Å². The van der Waals surface area contributed by atoms with Gasteiger partial charge in [-0.25, -0.2) is 4.98 Å². The Morgan fingerprint density at radius 3 is 2.00 bits per heavy atom. The first-order valence-corrected chi connectivity index (χ1v) is 9.30. The normalized spacial score (nSPS) is 19.9. The summed E-state index contributed by atoms with van der Waals surface area (Å²) in [5, 5.41) is 2.28. The molecule has 5 nitrogen and oxygen atoms in total. The van der Waals surface area contributed by atoms with Crippen LogP contribution in [-0.4, -0.2) is 36.2 Å². The van der Waals surface area contributed by atoms with Gasteiger partial charge in [-0.05, 0) is 44.2 Å². The minimum atomic E-state index is -5.04. The second-order valence-electron chi connectivity index (χ2n) is 7.32. The molecule has 2 unspecified atom stereocenters. The summed E-state index contributed by atoms with van der Waals surface area (Å²) < 4.78 is 83.5. The van der Waals surface area contributed by atoms with Crippen LogP contribution in [0.2, 0.25) is 0 Å². The summed E-state index contributed by atoms with van der Waals surface area (Å²) in [7, 11) is 0. The second kappa shape index (κ2) is 8.37. The van der Waals surface area contributed by atoms with Gasteiger partial charge in [-0.1, -0.05) is 0 Å². The number of benzene rings is 1. The second-order valence-corrected chi connectivity index (χ2v) is 7.32. The highest BCUT2D eigenvalue weighted by atomic mass is 19.4. The van der Waals surface area contributed by atoms with E-state index in [1.165, 1.54) is 12.3 Å². The van der Waals surface area contributed by atoms with Crippen molar-refractivity contribution in [3.8, 4) is 0 Å². The third-order valence-electron chi connectivity index (χ3n) is 4.60. The molecular weight excluding hydrogens is 428 g/mol. The molecule has 0 saturated carbocycles. The Bertz CT molecular complexity index is 901. The lowest BCUT2D eigenvalue weighted by Gasteiger charge is -2.36. The van der Waals surface area contributed by atoms with Crippen molar-refractivity contribution in [3.63, 3.8) is 0 Å². The Hall–Kier alpha value is -2.82. The largest absolute Gasteiger partial charge is 0.416 e. The topological polar surface area (TPSA) is 54.5 Å². The number of anilines is 2. The zero-order valence-electron chi connectivity index (χ0n) is 16.5. The van der Waals surface area contributed by atoms with Crippen LogP contribution in [0.5, 0.6) is 0 Å². The van der Waals surface area contributed by atoms with Crippen molar-refractivity contribution in [2.75, 3.05) is 23.3 Å². The van der Waals surface area contributed by atoms with Crippen LogP contribution in [0.15, 0.2) is 36.5 Å². The number of alkyl halides is 6. The molecule has 1 fully saturated rings. The maximum Gasteiger partial charge on any atom is 0.416 e. The Morgan fingerprint density at radius 2 is 1.55 bits per heavy atom. The van der Waals surface area contributed by atoms with Crippen molar-refractivity contribution in [1.82, 2.24) is 4.98 Å². The number of ether oxygens (including phenoxy) is 1. The Labute approximate surface area is 174 Å². The van der Waals surface area contributed by atoms with Crippen LogP contribution in [0.1, 0.15) is 35.3 Å². The van der Waals surface area contributed by atoms with Crippen LogP contribution in [-0.2, 0) is 17.1 Å². The third kappa shape index (κ3) is 5.66. The molecule has 1 amide bonds. The molecular formula is C20H19F6N3O2. The van der Waals surface area contributed by atoms with Gasteiger partial charge in [0.25, 0.3) is 5.91 Å². The van der Waals surface area contributed by atoms with E-state index < -0.39 is 35.0 Å². The minimum absolute atomic E-state index is 0.00586. The van der Waals surface area contributed by atoms with E-state index in [0.717, 1.165) is 0 Å². The van der Waals surface area contributed by atoms with E-state index in [4.69, 9.17) is 4.74 Å². The zero-order valence-corrected chi connectivity index (χ0v) is 16.5. The molecule has 3 rings (SSSR count). The molecule has 31 heavy (non-hydrogen) atoms. The molecule has 1 N–H and O–H groups in total. The molecule has 0 spiro atoms. The highest BCUT2D eigenvalue weighted by Gasteiger charge is 2.37. The number of halogens is 6. The fourth-order valence-electron chi connectivity index (χ4n) is 3.30. The average molecular weight is 447 g/mol. The summed E-state index contributed by atoms with van der Waals surface area (Å²) >= 11 is 0. The van der Waals surface area contributed by atoms with E-state index >= 15 is 0 Å². The van der Waals surface area contributed by atoms with Crippen molar-refractivity contribution < 1.29 is 35.9 Å². The SMILES string of the molecule is CC1CN(c2ccc(NC(=O)c3cc(C(F)(F)F)cc(C(F)(F)F)c3)cn2)CC(C)O1. The van der Waals surface area contributed by atoms with E-state index in [1.807, 2.05) is 18.7 Å². The lowest BCUT2D eigenvalue weighted by Crippen LogP contribution is -2.45. The average Bonchev–Trinajstić information content (AvgIpc) is 2.66. The summed E-state index contributed by atoms with van der Waals surface area (Å²) in [5.74, 6) is -0.502. The van der Waals surface area contributed by atoms with Crippen molar-refractivity contribution in [2.24, 2.45) is 0 Å². The first-order valence-electron chi connectivity index (χ1n) is 9.30. The van der Waals surface area contributed by atoms with Crippen molar-refractivity contribution in [3.05, 3.63) is 53.2 Å². The highest BCUT2D eigenvalue weighted by molar-refractivity contribution is 6.04. The molecule has 1 aromatic carbocycles. The summed E-state index contributed by atoms with van der Waals surface area (Å²) in [4.78, 5) is 18.6. The first kappa shape index (κ1) is 22.9. The number of hydrogen-bond acceptors (Lipinski definition) is 4. The van der Waals surface area contributed by atoms with Gasteiger partial charge in [0.05, 0.1) is 35.2 Å².